The topological polar surface area (TPSA) is 49.9 Å². The van der Waals surface area contributed by atoms with Crippen LogP contribution in [0.3, 0.4) is 0 Å². The molecule has 1 saturated carbocycles. The molecular weight excluding hydrogens is 323 g/mol. The van der Waals surface area contributed by atoms with Gasteiger partial charge in [-0.15, -0.1) is 0 Å². The molecule has 3 unspecified atom stereocenters. The van der Waals surface area contributed by atoms with Crippen molar-refractivity contribution in [2.24, 2.45) is 5.92 Å². The molecule has 134 valence electrons. The summed E-state index contributed by atoms with van der Waals surface area (Å²) >= 11 is 0. The van der Waals surface area contributed by atoms with E-state index in [9.17, 15) is 14.0 Å². The zero-order chi connectivity index (χ0) is 17.4. The summed E-state index contributed by atoms with van der Waals surface area (Å²) in [6.07, 6.45) is 2.16. The number of carbonyl (C=O) groups is 2. The van der Waals surface area contributed by atoms with E-state index < -0.39 is 0 Å². The van der Waals surface area contributed by atoms with Crippen LogP contribution in [0.2, 0.25) is 0 Å². The Morgan fingerprint density at radius 1 is 1.04 bits per heavy atom. The van der Waals surface area contributed by atoms with Crippen molar-refractivity contribution >= 4 is 11.8 Å². The number of piperazine rings is 1. The predicted octanol–water partition coefficient (Wildman–Crippen LogP) is 1.78. The maximum atomic E-state index is 13.9. The number of hydrogen-bond acceptors (Lipinski definition) is 3. The summed E-state index contributed by atoms with van der Waals surface area (Å²) in [6, 6.07) is 6.70. The van der Waals surface area contributed by atoms with Crippen LogP contribution in [0.25, 0.3) is 0 Å². The highest BCUT2D eigenvalue weighted by Crippen LogP contribution is 2.49. The Morgan fingerprint density at radius 3 is 2.36 bits per heavy atom. The molecule has 0 spiro atoms. The second kappa shape index (κ2) is 6.75. The molecule has 1 aromatic rings. The van der Waals surface area contributed by atoms with Gasteiger partial charge in [-0.3, -0.25) is 9.59 Å². The summed E-state index contributed by atoms with van der Waals surface area (Å²) in [4.78, 5) is 28.6. The van der Waals surface area contributed by atoms with Crippen molar-refractivity contribution in [1.29, 1.82) is 0 Å². The first-order chi connectivity index (χ1) is 12.1. The van der Waals surface area contributed by atoms with Crippen molar-refractivity contribution in [2.45, 2.75) is 31.3 Å². The molecule has 3 aliphatic rings. The van der Waals surface area contributed by atoms with E-state index in [1.807, 2.05) is 11.0 Å². The van der Waals surface area contributed by atoms with Gasteiger partial charge in [-0.05, 0) is 36.8 Å². The van der Waals surface area contributed by atoms with E-state index in [-0.39, 0.29) is 35.6 Å². The molecule has 1 aliphatic carbocycles. The SMILES string of the molecule is O=C(C1CCCO1)N1CCN(C(=O)C2CC2c2ccccc2F)CC1. The van der Waals surface area contributed by atoms with Gasteiger partial charge in [-0.1, -0.05) is 18.2 Å². The van der Waals surface area contributed by atoms with Crippen LogP contribution < -0.4 is 0 Å². The number of amides is 2. The molecule has 0 bridgehead atoms. The summed E-state index contributed by atoms with van der Waals surface area (Å²) in [6.45, 7) is 2.88. The van der Waals surface area contributed by atoms with Crippen LogP contribution in [0.5, 0.6) is 0 Å². The van der Waals surface area contributed by atoms with Crippen LogP contribution >= 0.6 is 0 Å². The molecular formula is C19H23FN2O3. The average Bonchev–Trinajstić information content (AvgIpc) is 3.24. The molecule has 0 radical (unpaired) electrons. The Balaban J connectivity index is 1.30. The maximum Gasteiger partial charge on any atom is 0.251 e. The highest BCUT2D eigenvalue weighted by molar-refractivity contribution is 5.84. The molecule has 2 aliphatic heterocycles. The highest BCUT2D eigenvalue weighted by atomic mass is 19.1. The van der Waals surface area contributed by atoms with E-state index >= 15 is 0 Å². The van der Waals surface area contributed by atoms with Crippen LogP contribution in [-0.4, -0.2) is 60.5 Å². The molecule has 3 atom stereocenters. The second-order valence-electron chi connectivity index (χ2n) is 7.12. The molecule has 6 heteroatoms. The number of nitrogens with zero attached hydrogens (tertiary/aromatic N) is 2. The molecule has 2 heterocycles. The minimum atomic E-state index is -0.295. The van der Waals surface area contributed by atoms with Gasteiger partial charge in [0.25, 0.3) is 5.91 Å². The van der Waals surface area contributed by atoms with Crippen LogP contribution in [0.1, 0.15) is 30.7 Å². The minimum absolute atomic E-state index is 0.000232. The van der Waals surface area contributed by atoms with Crippen LogP contribution in [-0.2, 0) is 14.3 Å². The van der Waals surface area contributed by atoms with Gasteiger partial charge in [0.15, 0.2) is 0 Å². The van der Waals surface area contributed by atoms with Gasteiger partial charge >= 0.3 is 0 Å². The molecule has 4 rings (SSSR count). The fourth-order valence-corrected chi connectivity index (χ4v) is 3.95. The van der Waals surface area contributed by atoms with E-state index in [1.54, 1.807) is 17.0 Å². The summed E-state index contributed by atoms with van der Waals surface area (Å²) in [5, 5.41) is 0. The van der Waals surface area contributed by atoms with Gasteiger partial charge in [0.05, 0.1) is 0 Å². The molecule has 0 N–H and O–H groups in total. The molecule has 5 nitrogen and oxygen atoms in total. The largest absolute Gasteiger partial charge is 0.368 e. The molecule has 2 saturated heterocycles. The highest BCUT2D eigenvalue weighted by Gasteiger charge is 2.47. The monoisotopic (exact) mass is 346 g/mol. The zero-order valence-electron chi connectivity index (χ0n) is 14.2. The van der Waals surface area contributed by atoms with Crippen molar-refractivity contribution in [3.63, 3.8) is 0 Å². The Kier molecular flexibility index (Phi) is 4.46. The fraction of sp³-hybridized carbons (Fsp3) is 0.579. The number of halogens is 1. The minimum Gasteiger partial charge on any atom is -0.368 e. The van der Waals surface area contributed by atoms with Gasteiger partial charge in [0.2, 0.25) is 5.91 Å². The van der Waals surface area contributed by atoms with Gasteiger partial charge in [0.1, 0.15) is 11.9 Å². The third kappa shape index (κ3) is 3.27. The van der Waals surface area contributed by atoms with Gasteiger partial charge in [-0.25, -0.2) is 4.39 Å². The Bertz CT molecular complexity index is 666. The van der Waals surface area contributed by atoms with Crippen LogP contribution in [0.15, 0.2) is 24.3 Å². The van der Waals surface area contributed by atoms with Crippen molar-refractivity contribution in [1.82, 2.24) is 9.80 Å². The summed E-state index contributed by atoms with van der Waals surface area (Å²) in [7, 11) is 0. The lowest BCUT2D eigenvalue weighted by atomic mass is 10.1. The Hall–Kier alpha value is -1.95. The van der Waals surface area contributed by atoms with Crippen LogP contribution in [0.4, 0.5) is 4.39 Å². The Labute approximate surface area is 146 Å². The lowest BCUT2D eigenvalue weighted by Crippen LogP contribution is -2.53. The predicted molar refractivity (Wildman–Crippen MR) is 89.4 cm³/mol. The number of ether oxygens (including phenoxy) is 1. The summed E-state index contributed by atoms with van der Waals surface area (Å²) in [5.74, 6) is -0.190. The van der Waals surface area contributed by atoms with Crippen molar-refractivity contribution in [3.8, 4) is 0 Å². The van der Waals surface area contributed by atoms with Crippen molar-refractivity contribution < 1.29 is 18.7 Å². The molecule has 25 heavy (non-hydrogen) atoms. The maximum absolute atomic E-state index is 13.9. The van der Waals surface area contributed by atoms with E-state index in [2.05, 4.69) is 0 Å². The quantitative estimate of drug-likeness (QED) is 0.838. The first-order valence-electron chi connectivity index (χ1n) is 9.09. The van der Waals surface area contributed by atoms with Crippen LogP contribution in [0, 0.1) is 11.7 Å². The Morgan fingerprint density at radius 2 is 1.72 bits per heavy atom. The van der Waals surface area contributed by atoms with E-state index in [0.29, 0.717) is 38.3 Å². The smallest absolute Gasteiger partial charge is 0.251 e. The molecule has 1 aromatic carbocycles. The lowest BCUT2D eigenvalue weighted by Gasteiger charge is -2.36. The first kappa shape index (κ1) is 16.5. The molecule has 2 amide bonds. The number of rotatable bonds is 3. The fourth-order valence-electron chi connectivity index (χ4n) is 3.95. The average molecular weight is 346 g/mol. The normalized spacial score (nSPS) is 28.9. The third-order valence-electron chi connectivity index (χ3n) is 5.52. The van der Waals surface area contributed by atoms with Crippen molar-refractivity contribution in [3.05, 3.63) is 35.6 Å². The second-order valence-corrected chi connectivity index (χ2v) is 7.12. The van der Waals surface area contributed by atoms with Gasteiger partial charge in [0, 0.05) is 38.7 Å². The summed E-state index contributed by atoms with van der Waals surface area (Å²) < 4.78 is 19.3. The number of benzene rings is 1. The lowest BCUT2D eigenvalue weighted by molar-refractivity contribution is -0.146. The van der Waals surface area contributed by atoms with E-state index in [0.717, 1.165) is 19.3 Å². The third-order valence-corrected chi connectivity index (χ3v) is 5.52. The van der Waals surface area contributed by atoms with E-state index in [4.69, 9.17) is 4.74 Å². The number of hydrogen-bond donors (Lipinski definition) is 0. The van der Waals surface area contributed by atoms with Crippen molar-refractivity contribution in [2.75, 3.05) is 32.8 Å². The standard InChI is InChI=1S/C19H23FN2O3/c20-16-5-2-1-4-13(16)14-12-15(14)18(23)21-7-9-22(10-8-21)19(24)17-6-3-11-25-17/h1-2,4-5,14-15,17H,3,6-12H2. The summed E-state index contributed by atoms with van der Waals surface area (Å²) in [5.41, 5.74) is 0.646. The zero-order valence-corrected chi connectivity index (χ0v) is 14.2. The van der Waals surface area contributed by atoms with Gasteiger partial charge in [-0.2, -0.15) is 0 Å². The van der Waals surface area contributed by atoms with E-state index in [1.165, 1.54) is 6.07 Å². The number of carbonyl (C=O) groups excluding carboxylic acids is 2. The molecule has 0 aromatic heterocycles. The van der Waals surface area contributed by atoms with Gasteiger partial charge < -0.3 is 14.5 Å². The first-order valence-corrected chi connectivity index (χ1v) is 9.09. The molecule has 3 fully saturated rings.